The van der Waals surface area contributed by atoms with Crippen LogP contribution in [0.1, 0.15) is 0 Å². The van der Waals surface area contributed by atoms with E-state index in [1.807, 2.05) is 18.2 Å². The molecule has 7 rings (SSSR count). The molecule has 0 saturated heterocycles. The summed E-state index contributed by atoms with van der Waals surface area (Å²) in [5, 5.41) is 30.0. The third-order valence-electron chi connectivity index (χ3n) is 7.43. The van der Waals surface area contributed by atoms with Crippen molar-refractivity contribution in [3.8, 4) is 0 Å². The molecule has 7 aromatic rings. The summed E-state index contributed by atoms with van der Waals surface area (Å²) in [7, 11) is -1.62. The predicted molar refractivity (Wildman–Crippen MR) is 161 cm³/mol. The van der Waals surface area contributed by atoms with E-state index in [-0.39, 0.29) is 0 Å². The molecule has 0 atom stereocenters. The minimum atomic E-state index is -1.62. The number of rotatable bonds is 4. The summed E-state index contributed by atoms with van der Waals surface area (Å²) in [5.41, 5.74) is 3.13. The quantitative estimate of drug-likeness (QED) is 0.199. The maximum Gasteiger partial charge on any atom is 0.490 e. The van der Waals surface area contributed by atoms with Gasteiger partial charge in [-0.1, -0.05) is 115 Å². The Balaban J connectivity index is 1.67. The average molecular weight is 489 g/mol. The van der Waals surface area contributed by atoms with E-state index in [9.17, 15) is 10.0 Å². The van der Waals surface area contributed by atoms with Gasteiger partial charge in [0.15, 0.2) is 0 Å². The Kier molecular flexibility index (Phi) is 5.36. The Morgan fingerprint density at radius 2 is 0.789 bits per heavy atom. The van der Waals surface area contributed by atoms with Gasteiger partial charge in [-0.3, -0.25) is 0 Å². The van der Waals surface area contributed by atoms with Crippen LogP contribution in [0.5, 0.6) is 0 Å². The molecule has 0 saturated carbocycles. The Hall–Kier alpha value is -4.64. The molecule has 0 aromatic heterocycles. The van der Waals surface area contributed by atoms with Crippen LogP contribution in [0.25, 0.3) is 43.1 Å². The van der Waals surface area contributed by atoms with Gasteiger partial charge in [0.05, 0.1) is 11.4 Å². The van der Waals surface area contributed by atoms with Crippen molar-refractivity contribution in [3.63, 3.8) is 0 Å². The second-order valence-electron chi connectivity index (χ2n) is 9.59. The Morgan fingerprint density at radius 1 is 0.395 bits per heavy atom. The lowest BCUT2D eigenvalue weighted by Gasteiger charge is -2.31. The zero-order valence-electron chi connectivity index (χ0n) is 20.6. The molecule has 3 nitrogen and oxygen atoms in total. The number of benzene rings is 7. The summed E-state index contributed by atoms with van der Waals surface area (Å²) in [6.45, 7) is 0. The van der Waals surface area contributed by atoms with Gasteiger partial charge in [-0.25, -0.2) is 0 Å². The summed E-state index contributed by atoms with van der Waals surface area (Å²) >= 11 is 0. The average Bonchev–Trinajstić information content (AvgIpc) is 2.97. The molecule has 0 heterocycles. The first-order valence-corrected chi connectivity index (χ1v) is 12.8. The molecule has 0 aliphatic heterocycles. The Morgan fingerprint density at radius 3 is 1.29 bits per heavy atom. The van der Waals surface area contributed by atoms with E-state index < -0.39 is 7.12 Å². The van der Waals surface area contributed by atoms with Crippen LogP contribution in [-0.4, -0.2) is 17.2 Å². The maximum atomic E-state index is 10.4. The fraction of sp³-hybridized carbons (Fsp3) is 0. The van der Waals surface area contributed by atoms with Crippen LogP contribution in [0.3, 0.4) is 0 Å². The minimum Gasteiger partial charge on any atom is -0.423 e. The van der Waals surface area contributed by atoms with Crippen LogP contribution >= 0.6 is 0 Å². The molecule has 0 aliphatic carbocycles. The smallest absolute Gasteiger partial charge is 0.423 e. The summed E-state index contributed by atoms with van der Waals surface area (Å²) in [5.74, 6) is 0. The first-order chi connectivity index (χ1) is 18.7. The van der Waals surface area contributed by atoms with Crippen molar-refractivity contribution in [1.29, 1.82) is 0 Å². The molecule has 2 N–H and O–H groups in total. The van der Waals surface area contributed by atoms with Crippen molar-refractivity contribution in [2.24, 2.45) is 0 Å². The third kappa shape index (κ3) is 3.54. The number of hydrogen-bond acceptors (Lipinski definition) is 3. The highest BCUT2D eigenvalue weighted by atomic mass is 16.4. The molecule has 0 bridgehead atoms. The molecular formula is C34H24BNO2. The molecule has 38 heavy (non-hydrogen) atoms. The number of nitrogens with zero attached hydrogens (tertiary/aromatic N) is 1. The summed E-state index contributed by atoms with van der Waals surface area (Å²) < 4.78 is 0. The van der Waals surface area contributed by atoms with E-state index in [0.717, 1.165) is 49.4 Å². The second-order valence-corrected chi connectivity index (χ2v) is 9.59. The topological polar surface area (TPSA) is 43.7 Å². The zero-order valence-corrected chi connectivity index (χ0v) is 20.6. The van der Waals surface area contributed by atoms with Gasteiger partial charge in [0.1, 0.15) is 0 Å². The van der Waals surface area contributed by atoms with E-state index in [1.165, 1.54) is 10.8 Å². The van der Waals surface area contributed by atoms with Gasteiger partial charge < -0.3 is 14.9 Å². The summed E-state index contributed by atoms with van der Waals surface area (Å²) in [6.07, 6.45) is 0. The van der Waals surface area contributed by atoms with E-state index in [0.29, 0.717) is 5.46 Å². The normalized spacial score (nSPS) is 11.4. The van der Waals surface area contributed by atoms with E-state index in [2.05, 4.69) is 114 Å². The van der Waals surface area contributed by atoms with Crippen molar-refractivity contribution in [2.45, 2.75) is 0 Å². The molecule has 0 amide bonds. The molecule has 0 unspecified atom stereocenters. The first-order valence-electron chi connectivity index (χ1n) is 12.8. The fourth-order valence-electron chi connectivity index (χ4n) is 5.74. The summed E-state index contributed by atoms with van der Waals surface area (Å²) in [6, 6.07) is 45.6. The van der Waals surface area contributed by atoms with Crippen molar-refractivity contribution in [2.75, 3.05) is 4.90 Å². The molecule has 7 aromatic carbocycles. The highest BCUT2D eigenvalue weighted by Gasteiger charge is 2.25. The number of anilines is 3. The zero-order chi connectivity index (χ0) is 25.6. The molecule has 0 radical (unpaired) electrons. The Bertz CT molecular complexity index is 1860. The van der Waals surface area contributed by atoms with Crippen LogP contribution in [0.15, 0.2) is 133 Å². The first kappa shape index (κ1) is 22.6. The highest BCUT2D eigenvalue weighted by Crippen LogP contribution is 2.45. The molecule has 180 valence electrons. The predicted octanol–water partition coefficient (Wildman–Crippen LogP) is 7.45. The maximum absolute atomic E-state index is 10.4. The van der Waals surface area contributed by atoms with Gasteiger partial charge in [-0.2, -0.15) is 0 Å². The van der Waals surface area contributed by atoms with Crippen LogP contribution < -0.4 is 10.4 Å². The SMILES string of the molecule is OB(O)c1ccccc1N(c1cc2ccccc2c2ccccc12)c1cc2ccccc2c2ccccc12. The van der Waals surface area contributed by atoms with Gasteiger partial charge in [-0.05, 0) is 50.5 Å². The van der Waals surface area contributed by atoms with Gasteiger partial charge in [0.25, 0.3) is 0 Å². The monoisotopic (exact) mass is 489 g/mol. The third-order valence-corrected chi connectivity index (χ3v) is 7.43. The number of para-hydroxylation sites is 1. The molecule has 4 heteroatoms. The number of hydrogen-bond donors (Lipinski definition) is 2. The van der Waals surface area contributed by atoms with Crippen LogP contribution in [0.2, 0.25) is 0 Å². The van der Waals surface area contributed by atoms with Gasteiger partial charge in [0.2, 0.25) is 0 Å². The number of fused-ring (bicyclic) bond motifs is 6. The lowest BCUT2D eigenvalue weighted by Crippen LogP contribution is -2.34. The van der Waals surface area contributed by atoms with Crippen LogP contribution in [0.4, 0.5) is 17.1 Å². The summed E-state index contributed by atoms with van der Waals surface area (Å²) in [4.78, 5) is 2.19. The highest BCUT2D eigenvalue weighted by molar-refractivity contribution is 6.60. The van der Waals surface area contributed by atoms with Crippen molar-refractivity contribution < 1.29 is 10.0 Å². The van der Waals surface area contributed by atoms with Gasteiger partial charge in [0, 0.05) is 21.9 Å². The van der Waals surface area contributed by atoms with Crippen molar-refractivity contribution >= 4 is 72.7 Å². The largest absolute Gasteiger partial charge is 0.490 e. The second kappa shape index (κ2) is 9.03. The minimum absolute atomic E-state index is 0.446. The van der Waals surface area contributed by atoms with Gasteiger partial charge in [-0.15, -0.1) is 0 Å². The van der Waals surface area contributed by atoms with Crippen molar-refractivity contribution in [1.82, 2.24) is 0 Å². The fourth-order valence-corrected chi connectivity index (χ4v) is 5.74. The van der Waals surface area contributed by atoms with Crippen LogP contribution in [0, 0.1) is 0 Å². The standard InChI is InChI=1S/C34H24BNO2/c37-35(38)31-19-9-10-20-32(31)36(33-21-23-11-1-3-13-25(23)27-15-5-7-17-29(27)33)34-22-24-12-2-4-14-26(24)28-16-6-8-18-30(28)34/h1-22,37-38H. The van der Waals surface area contributed by atoms with Crippen molar-refractivity contribution in [3.05, 3.63) is 133 Å². The Labute approximate surface area is 221 Å². The molecule has 0 spiro atoms. The van der Waals surface area contributed by atoms with E-state index in [4.69, 9.17) is 0 Å². The molecular weight excluding hydrogens is 465 g/mol. The molecule has 0 fully saturated rings. The van der Waals surface area contributed by atoms with Gasteiger partial charge >= 0.3 is 7.12 Å². The van der Waals surface area contributed by atoms with E-state index >= 15 is 0 Å². The van der Waals surface area contributed by atoms with E-state index in [1.54, 1.807) is 6.07 Å². The lowest BCUT2D eigenvalue weighted by atomic mass is 9.78. The molecule has 0 aliphatic rings. The van der Waals surface area contributed by atoms with Crippen LogP contribution in [-0.2, 0) is 0 Å². The lowest BCUT2D eigenvalue weighted by molar-refractivity contribution is 0.426.